The summed E-state index contributed by atoms with van der Waals surface area (Å²) in [7, 11) is -3.17. The van der Waals surface area contributed by atoms with E-state index in [9.17, 15) is 18.0 Å². The summed E-state index contributed by atoms with van der Waals surface area (Å²) in [5.41, 5.74) is 0. The highest BCUT2D eigenvalue weighted by atomic mass is 32.2. The number of rotatable bonds is 5. The second-order valence-electron chi connectivity index (χ2n) is 6.08. The van der Waals surface area contributed by atoms with Gasteiger partial charge in [-0.1, -0.05) is 0 Å². The van der Waals surface area contributed by atoms with Gasteiger partial charge in [-0.15, -0.1) is 0 Å². The number of esters is 1. The zero-order chi connectivity index (χ0) is 16.9. The van der Waals surface area contributed by atoms with E-state index < -0.39 is 10.0 Å². The summed E-state index contributed by atoms with van der Waals surface area (Å²) in [6.07, 6.45) is 3.01. The number of sulfonamides is 1. The van der Waals surface area contributed by atoms with Crippen LogP contribution in [0, 0.1) is 5.92 Å². The van der Waals surface area contributed by atoms with Crippen molar-refractivity contribution in [2.24, 2.45) is 5.92 Å². The van der Waals surface area contributed by atoms with Gasteiger partial charge >= 0.3 is 5.97 Å². The SMILES string of the molecule is CCOC(=O)C1CCN(C(=O)CCN2CCCCS2(=O)=O)CC1. The van der Waals surface area contributed by atoms with Gasteiger partial charge in [0.25, 0.3) is 0 Å². The molecule has 132 valence electrons. The quantitative estimate of drug-likeness (QED) is 0.681. The average molecular weight is 346 g/mol. The lowest BCUT2D eigenvalue weighted by Crippen LogP contribution is -2.43. The molecule has 0 bridgehead atoms. The Morgan fingerprint density at radius 1 is 1.13 bits per heavy atom. The molecule has 0 N–H and O–H groups in total. The number of hydrogen-bond donors (Lipinski definition) is 0. The van der Waals surface area contributed by atoms with Gasteiger partial charge < -0.3 is 9.64 Å². The third kappa shape index (κ3) is 4.91. The van der Waals surface area contributed by atoms with Gasteiger partial charge in [0.15, 0.2) is 0 Å². The minimum atomic E-state index is -3.17. The van der Waals surface area contributed by atoms with E-state index >= 15 is 0 Å². The van der Waals surface area contributed by atoms with Gasteiger partial charge in [-0.05, 0) is 32.6 Å². The van der Waals surface area contributed by atoms with Crippen LogP contribution in [0.2, 0.25) is 0 Å². The van der Waals surface area contributed by atoms with Crippen LogP contribution >= 0.6 is 0 Å². The van der Waals surface area contributed by atoms with Gasteiger partial charge in [-0.25, -0.2) is 12.7 Å². The van der Waals surface area contributed by atoms with Crippen LogP contribution in [0.25, 0.3) is 0 Å². The van der Waals surface area contributed by atoms with Gasteiger partial charge in [0.1, 0.15) is 0 Å². The van der Waals surface area contributed by atoms with Crippen LogP contribution in [-0.4, -0.2) is 68.0 Å². The summed E-state index contributed by atoms with van der Waals surface area (Å²) in [6, 6.07) is 0. The zero-order valence-electron chi connectivity index (χ0n) is 13.7. The topological polar surface area (TPSA) is 84.0 Å². The molecule has 2 rings (SSSR count). The first-order valence-electron chi connectivity index (χ1n) is 8.36. The molecule has 0 aromatic heterocycles. The van der Waals surface area contributed by atoms with E-state index in [0.29, 0.717) is 45.5 Å². The Morgan fingerprint density at radius 3 is 2.43 bits per heavy atom. The van der Waals surface area contributed by atoms with Crippen molar-refractivity contribution in [2.45, 2.75) is 39.0 Å². The normalized spacial score (nSPS) is 22.7. The van der Waals surface area contributed by atoms with Gasteiger partial charge in [0.2, 0.25) is 15.9 Å². The van der Waals surface area contributed by atoms with Crippen molar-refractivity contribution >= 4 is 21.9 Å². The summed E-state index contributed by atoms with van der Waals surface area (Å²) in [4.78, 5) is 25.7. The molecule has 0 saturated carbocycles. The molecule has 2 saturated heterocycles. The molecule has 1 amide bonds. The minimum Gasteiger partial charge on any atom is -0.466 e. The van der Waals surface area contributed by atoms with Crippen molar-refractivity contribution in [3.05, 3.63) is 0 Å². The molecule has 0 spiro atoms. The fourth-order valence-electron chi connectivity index (χ4n) is 3.09. The average Bonchev–Trinajstić information content (AvgIpc) is 2.53. The molecule has 23 heavy (non-hydrogen) atoms. The number of piperidine rings is 1. The highest BCUT2D eigenvalue weighted by Gasteiger charge is 2.30. The van der Waals surface area contributed by atoms with Crippen molar-refractivity contribution in [1.29, 1.82) is 0 Å². The molecule has 2 fully saturated rings. The number of nitrogens with zero attached hydrogens (tertiary/aromatic N) is 2. The Morgan fingerprint density at radius 2 is 1.83 bits per heavy atom. The van der Waals surface area contributed by atoms with E-state index in [1.807, 2.05) is 0 Å². The summed E-state index contributed by atoms with van der Waals surface area (Å²) in [6.45, 7) is 4.01. The molecule has 0 radical (unpaired) electrons. The molecule has 0 aromatic rings. The van der Waals surface area contributed by atoms with Crippen LogP contribution in [0.5, 0.6) is 0 Å². The molecular formula is C15H26N2O5S. The van der Waals surface area contributed by atoms with Gasteiger partial charge in [0.05, 0.1) is 18.3 Å². The summed E-state index contributed by atoms with van der Waals surface area (Å²) >= 11 is 0. The lowest BCUT2D eigenvalue weighted by Gasteiger charge is -2.32. The number of hydrogen-bond acceptors (Lipinski definition) is 5. The van der Waals surface area contributed by atoms with Crippen LogP contribution < -0.4 is 0 Å². The second-order valence-corrected chi connectivity index (χ2v) is 8.17. The van der Waals surface area contributed by atoms with E-state index in [1.165, 1.54) is 4.31 Å². The fourth-order valence-corrected chi connectivity index (χ4v) is 4.70. The van der Waals surface area contributed by atoms with Crippen LogP contribution in [0.4, 0.5) is 0 Å². The van der Waals surface area contributed by atoms with E-state index in [4.69, 9.17) is 4.74 Å². The zero-order valence-corrected chi connectivity index (χ0v) is 14.5. The highest BCUT2D eigenvalue weighted by molar-refractivity contribution is 7.89. The molecule has 0 unspecified atom stereocenters. The van der Waals surface area contributed by atoms with Crippen LogP contribution in [0.1, 0.15) is 39.0 Å². The molecule has 0 aromatic carbocycles. The molecular weight excluding hydrogens is 320 g/mol. The first kappa shape index (κ1) is 18.2. The number of likely N-dealkylation sites (tertiary alicyclic amines) is 1. The third-order valence-corrected chi connectivity index (χ3v) is 6.45. The number of amides is 1. The number of carbonyl (C=O) groups is 2. The first-order chi connectivity index (χ1) is 10.9. The number of ether oxygens (including phenoxy) is 1. The fraction of sp³-hybridized carbons (Fsp3) is 0.867. The Balaban J connectivity index is 1.76. The lowest BCUT2D eigenvalue weighted by molar-refractivity contribution is -0.151. The smallest absolute Gasteiger partial charge is 0.309 e. The Kier molecular flexibility index (Phi) is 6.41. The van der Waals surface area contributed by atoms with Gasteiger partial charge in [0, 0.05) is 32.6 Å². The highest BCUT2D eigenvalue weighted by Crippen LogP contribution is 2.20. The summed E-state index contributed by atoms with van der Waals surface area (Å²) < 4.78 is 30.2. The van der Waals surface area contributed by atoms with Crippen molar-refractivity contribution < 1.29 is 22.7 Å². The minimum absolute atomic E-state index is 0.0342. The van der Waals surface area contributed by atoms with Crippen molar-refractivity contribution in [2.75, 3.05) is 38.5 Å². The predicted octanol–water partition coefficient (Wildman–Crippen LogP) is 0.604. The molecule has 7 nitrogen and oxygen atoms in total. The third-order valence-electron chi connectivity index (χ3n) is 4.50. The van der Waals surface area contributed by atoms with E-state index in [0.717, 1.165) is 6.42 Å². The summed E-state index contributed by atoms with van der Waals surface area (Å²) in [5, 5.41) is 0. The standard InChI is InChI=1S/C15H26N2O5S/c1-2-22-15(19)13-5-9-16(10-6-13)14(18)7-11-17-8-3-4-12-23(17,20)21/h13H,2-12H2,1H3. The molecule has 2 heterocycles. The Labute approximate surface area is 138 Å². The number of carbonyl (C=O) groups excluding carboxylic acids is 2. The van der Waals surface area contributed by atoms with E-state index in [1.54, 1.807) is 11.8 Å². The maximum atomic E-state index is 12.2. The van der Waals surface area contributed by atoms with Gasteiger partial charge in [-0.2, -0.15) is 0 Å². The molecule has 8 heteroatoms. The van der Waals surface area contributed by atoms with E-state index in [2.05, 4.69) is 0 Å². The van der Waals surface area contributed by atoms with E-state index in [-0.39, 0.29) is 36.5 Å². The molecule has 2 aliphatic heterocycles. The maximum Gasteiger partial charge on any atom is 0.309 e. The molecule has 0 atom stereocenters. The van der Waals surface area contributed by atoms with Gasteiger partial charge in [-0.3, -0.25) is 9.59 Å². The monoisotopic (exact) mass is 346 g/mol. The Bertz CT molecular complexity index is 526. The largest absolute Gasteiger partial charge is 0.466 e. The Hall–Kier alpha value is -1.15. The molecule has 2 aliphatic rings. The summed E-state index contributed by atoms with van der Waals surface area (Å²) in [5.74, 6) is -0.153. The predicted molar refractivity (Wildman–Crippen MR) is 85.1 cm³/mol. The van der Waals surface area contributed by atoms with Crippen molar-refractivity contribution in [1.82, 2.24) is 9.21 Å². The molecule has 0 aliphatic carbocycles. The van der Waals surface area contributed by atoms with Crippen molar-refractivity contribution in [3.63, 3.8) is 0 Å². The first-order valence-corrected chi connectivity index (χ1v) is 9.97. The van der Waals surface area contributed by atoms with Crippen molar-refractivity contribution in [3.8, 4) is 0 Å². The lowest BCUT2D eigenvalue weighted by atomic mass is 9.97. The van der Waals surface area contributed by atoms with Crippen LogP contribution in [-0.2, 0) is 24.3 Å². The van der Waals surface area contributed by atoms with Crippen LogP contribution in [0.15, 0.2) is 0 Å². The van der Waals surface area contributed by atoms with Crippen LogP contribution in [0.3, 0.4) is 0 Å². The second kappa shape index (κ2) is 8.10. The maximum absolute atomic E-state index is 12.2.